The molecule has 1 aromatic heterocycles. The highest BCUT2D eigenvalue weighted by Gasteiger charge is 2.25. The number of furan rings is 1. The first-order chi connectivity index (χ1) is 15.9. The average molecular weight is 457 g/mol. The van der Waals surface area contributed by atoms with Crippen LogP contribution >= 0.6 is 0 Å². The second-order valence-electron chi connectivity index (χ2n) is 8.88. The molecule has 2 heterocycles. The summed E-state index contributed by atoms with van der Waals surface area (Å²) >= 11 is 0. The number of ether oxygens (including phenoxy) is 2. The van der Waals surface area contributed by atoms with Crippen molar-refractivity contribution in [2.24, 2.45) is 0 Å². The molecule has 3 rings (SSSR count). The predicted octanol–water partition coefficient (Wildman–Crippen LogP) is 5.05. The van der Waals surface area contributed by atoms with Crippen molar-refractivity contribution < 1.29 is 23.5 Å². The highest BCUT2D eigenvalue weighted by Crippen LogP contribution is 2.33. The summed E-state index contributed by atoms with van der Waals surface area (Å²) in [4.78, 5) is 29.7. The smallest absolute Gasteiger partial charge is 0.242 e. The number of amides is 2. The van der Waals surface area contributed by atoms with Crippen LogP contribution in [0, 0.1) is 6.92 Å². The van der Waals surface area contributed by atoms with Crippen molar-refractivity contribution in [1.82, 2.24) is 9.80 Å². The molecular formula is C26H36N2O5. The lowest BCUT2D eigenvalue weighted by atomic mass is 10.1. The van der Waals surface area contributed by atoms with Crippen LogP contribution in [0.4, 0.5) is 0 Å². The highest BCUT2D eigenvalue weighted by atomic mass is 16.7. The van der Waals surface area contributed by atoms with Gasteiger partial charge in [0, 0.05) is 19.0 Å². The summed E-state index contributed by atoms with van der Waals surface area (Å²) in [6.45, 7) is 8.90. The first-order valence-electron chi connectivity index (χ1n) is 11.9. The Kier molecular flexibility index (Phi) is 8.80. The molecule has 0 fully saturated rings. The standard InChI is InChI=1S/C26H36N2O5/c1-5-6-7-8-9-25(29)28(19(2)3)17-26(30)27(16-22-12-10-20(4)33-22)15-21-11-13-23-24(14-21)32-18-31-23/h10-14,19H,5-9,15-18H2,1-4H3. The van der Waals surface area contributed by atoms with Crippen LogP contribution in [0.2, 0.25) is 0 Å². The molecule has 0 saturated carbocycles. The number of aryl methyl sites for hydroxylation is 1. The van der Waals surface area contributed by atoms with E-state index < -0.39 is 0 Å². The molecule has 0 spiro atoms. The number of unbranched alkanes of at least 4 members (excludes halogenated alkanes) is 3. The van der Waals surface area contributed by atoms with E-state index in [4.69, 9.17) is 13.9 Å². The topological polar surface area (TPSA) is 72.2 Å². The Balaban J connectivity index is 1.72. The summed E-state index contributed by atoms with van der Waals surface area (Å²) in [5, 5.41) is 0. The molecule has 0 N–H and O–H groups in total. The largest absolute Gasteiger partial charge is 0.464 e. The molecule has 0 bridgehead atoms. The van der Waals surface area contributed by atoms with Crippen LogP contribution in [-0.2, 0) is 22.7 Å². The molecule has 0 atom stereocenters. The van der Waals surface area contributed by atoms with Gasteiger partial charge in [-0.25, -0.2) is 0 Å². The third-order valence-electron chi connectivity index (χ3n) is 5.80. The van der Waals surface area contributed by atoms with Gasteiger partial charge in [0.05, 0.1) is 13.1 Å². The van der Waals surface area contributed by atoms with Crippen molar-refractivity contribution in [1.29, 1.82) is 0 Å². The van der Waals surface area contributed by atoms with Crippen molar-refractivity contribution in [3.63, 3.8) is 0 Å². The van der Waals surface area contributed by atoms with Gasteiger partial charge in [-0.05, 0) is 57.0 Å². The Labute approximate surface area is 196 Å². The fourth-order valence-corrected chi connectivity index (χ4v) is 3.90. The number of carbonyl (C=O) groups excluding carboxylic acids is 2. The van der Waals surface area contributed by atoms with Crippen molar-refractivity contribution >= 4 is 11.8 Å². The fourth-order valence-electron chi connectivity index (χ4n) is 3.90. The van der Waals surface area contributed by atoms with Gasteiger partial charge in [-0.15, -0.1) is 0 Å². The zero-order valence-electron chi connectivity index (χ0n) is 20.3. The van der Waals surface area contributed by atoms with Crippen LogP contribution in [0.3, 0.4) is 0 Å². The lowest BCUT2D eigenvalue weighted by molar-refractivity contribution is -0.143. The van der Waals surface area contributed by atoms with Gasteiger partial charge in [0.1, 0.15) is 11.5 Å². The van der Waals surface area contributed by atoms with Gasteiger partial charge in [0.2, 0.25) is 18.6 Å². The van der Waals surface area contributed by atoms with Crippen LogP contribution < -0.4 is 9.47 Å². The molecule has 0 unspecified atom stereocenters. The average Bonchev–Trinajstić information content (AvgIpc) is 3.42. The number of fused-ring (bicyclic) bond motifs is 1. The summed E-state index contributed by atoms with van der Waals surface area (Å²) in [7, 11) is 0. The van der Waals surface area contributed by atoms with E-state index in [9.17, 15) is 9.59 Å². The lowest BCUT2D eigenvalue weighted by Gasteiger charge is -2.30. The Morgan fingerprint density at radius 2 is 1.76 bits per heavy atom. The molecule has 2 aromatic rings. The lowest BCUT2D eigenvalue weighted by Crippen LogP contribution is -2.45. The number of benzene rings is 1. The van der Waals surface area contributed by atoms with Gasteiger partial charge in [-0.2, -0.15) is 0 Å². The molecular weight excluding hydrogens is 420 g/mol. The zero-order chi connectivity index (χ0) is 23.8. The van der Waals surface area contributed by atoms with Crippen LogP contribution in [0.25, 0.3) is 0 Å². The van der Waals surface area contributed by atoms with E-state index in [0.29, 0.717) is 36.8 Å². The zero-order valence-corrected chi connectivity index (χ0v) is 20.3. The Morgan fingerprint density at radius 3 is 2.45 bits per heavy atom. The molecule has 1 aliphatic rings. The van der Waals surface area contributed by atoms with Gasteiger partial charge in [-0.1, -0.05) is 32.3 Å². The van der Waals surface area contributed by atoms with Crippen molar-refractivity contribution in [2.75, 3.05) is 13.3 Å². The molecule has 180 valence electrons. The number of nitrogens with zero attached hydrogens (tertiary/aromatic N) is 2. The van der Waals surface area contributed by atoms with E-state index in [1.54, 1.807) is 9.80 Å². The second kappa shape index (κ2) is 11.8. The molecule has 1 aromatic carbocycles. The van der Waals surface area contributed by atoms with Gasteiger partial charge >= 0.3 is 0 Å². The monoisotopic (exact) mass is 456 g/mol. The van der Waals surface area contributed by atoms with Crippen molar-refractivity contribution in [2.45, 2.75) is 78.9 Å². The minimum Gasteiger partial charge on any atom is -0.464 e. The number of hydrogen-bond donors (Lipinski definition) is 0. The molecule has 0 aliphatic carbocycles. The first kappa shape index (κ1) is 24.7. The number of rotatable bonds is 12. The van der Waals surface area contributed by atoms with Crippen LogP contribution in [0.1, 0.15) is 70.0 Å². The molecule has 0 radical (unpaired) electrons. The minimum atomic E-state index is -0.114. The molecule has 7 nitrogen and oxygen atoms in total. The summed E-state index contributed by atoms with van der Waals surface area (Å²) in [6, 6.07) is 9.41. The maximum Gasteiger partial charge on any atom is 0.242 e. The third kappa shape index (κ3) is 7.01. The van der Waals surface area contributed by atoms with Gasteiger partial charge in [0.15, 0.2) is 11.5 Å². The van der Waals surface area contributed by atoms with E-state index in [1.165, 1.54) is 0 Å². The number of carbonyl (C=O) groups is 2. The van der Waals surface area contributed by atoms with E-state index >= 15 is 0 Å². The van der Waals surface area contributed by atoms with E-state index in [2.05, 4.69) is 6.92 Å². The van der Waals surface area contributed by atoms with Crippen LogP contribution in [-0.4, -0.2) is 41.0 Å². The summed E-state index contributed by atoms with van der Waals surface area (Å²) in [6.07, 6.45) is 4.62. The quantitative estimate of drug-likeness (QED) is 0.418. The third-order valence-corrected chi connectivity index (χ3v) is 5.80. The van der Waals surface area contributed by atoms with Crippen molar-refractivity contribution in [3.8, 4) is 11.5 Å². The maximum atomic E-state index is 13.4. The van der Waals surface area contributed by atoms with Crippen LogP contribution in [0.5, 0.6) is 11.5 Å². The Hall–Kier alpha value is -2.96. The Morgan fingerprint density at radius 1 is 0.970 bits per heavy atom. The van der Waals surface area contributed by atoms with Gasteiger partial charge in [-0.3, -0.25) is 9.59 Å². The van der Waals surface area contributed by atoms with E-state index in [1.807, 2.05) is 51.1 Å². The molecule has 2 amide bonds. The summed E-state index contributed by atoms with van der Waals surface area (Å²) < 4.78 is 16.6. The minimum absolute atomic E-state index is 0.0336. The molecule has 0 saturated heterocycles. The van der Waals surface area contributed by atoms with Gasteiger partial charge < -0.3 is 23.7 Å². The number of hydrogen-bond acceptors (Lipinski definition) is 5. The maximum absolute atomic E-state index is 13.4. The highest BCUT2D eigenvalue weighted by molar-refractivity contribution is 5.85. The molecule has 7 heteroatoms. The van der Waals surface area contributed by atoms with Crippen LogP contribution in [0.15, 0.2) is 34.7 Å². The van der Waals surface area contributed by atoms with Gasteiger partial charge in [0.25, 0.3) is 0 Å². The van der Waals surface area contributed by atoms with E-state index in [-0.39, 0.29) is 31.2 Å². The van der Waals surface area contributed by atoms with E-state index in [0.717, 1.165) is 37.0 Å². The normalized spacial score (nSPS) is 12.3. The SMILES string of the molecule is CCCCCCC(=O)N(CC(=O)N(Cc1ccc2c(c1)OCO2)Cc1ccc(C)o1)C(C)C. The predicted molar refractivity (Wildman–Crippen MR) is 126 cm³/mol. The summed E-state index contributed by atoms with van der Waals surface area (Å²) in [5.74, 6) is 2.82. The summed E-state index contributed by atoms with van der Waals surface area (Å²) in [5.41, 5.74) is 0.929. The first-order valence-corrected chi connectivity index (χ1v) is 11.9. The fraction of sp³-hybridized carbons (Fsp3) is 0.538. The Bertz CT molecular complexity index is 937. The molecule has 33 heavy (non-hydrogen) atoms. The second-order valence-corrected chi connectivity index (χ2v) is 8.88. The van der Waals surface area contributed by atoms with Crippen molar-refractivity contribution in [3.05, 3.63) is 47.4 Å². The molecule has 1 aliphatic heterocycles.